The zero-order chi connectivity index (χ0) is 15.6. The number of morpholine rings is 1. The topological polar surface area (TPSA) is 66.8 Å². The van der Waals surface area contributed by atoms with Gasteiger partial charge in [-0.2, -0.15) is 0 Å². The first-order valence-corrected chi connectivity index (χ1v) is 7.03. The van der Waals surface area contributed by atoms with Gasteiger partial charge in [-0.1, -0.05) is 39.0 Å². The predicted molar refractivity (Wildman–Crippen MR) is 78.4 cm³/mol. The van der Waals surface area contributed by atoms with E-state index in [0.29, 0.717) is 18.7 Å². The number of ether oxygens (including phenoxy) is 1. The van der Waals surface area contributed by atoms with Crippen molar-refractivity contribution in [1.29, 1.82) is 0 Å². The Bertz CT molecular complexity index is 547. The first-order valence-electron chi connectivity index (χ1n) is 7.03. The van der Waals surface area contributed by atoms with E-state index < -0.39 is 12.0 Å². The average molecular weight is 291 g/mol. The number of nitrogens with zero attached hydrogens (tertiary/aromatic N) is 1. The highest BCUT2D eigenvalue weighted by Crippen LogP contribution is 2.27. The summed E-state index contributed by atoms with van der Waals surface area (Å²) in [5.41, 5.74) is 1.31. The molecule has 0 spiro atoms. The Labute approximate surface area is 124 Å². The summed E-state index contributed by atoms with van der Waals surface area (Å²) in [6.07, 6.45) is 0. The summed E-state index contributed by atoms with van der Waals surface area (Å²) in [6, 6.07) is 6.46. The Morgan fingerprint density at radius 3 is 2.57 bits per heavy atom. The van der Waals surface area contributed by atoms with E-state index in [1.165, 1.54) is 4.90 Å². The second-order valence-corrected chi connectivity index (χ2v) is 6.22. The van der Waals surface area contributed by atoms with E-state index in [1.54, 1.807) is 12.1 Å². The van der Waals surface area contributed by atoms with E-state index in [9.17, 15) is 14.7 Å². The van der Waals surface area contributed by atoms with Gasteiger partial charge >= 0.3 is 5.97 Å². The van der Waals surface area contributed by atoms with Gasteiger partial charge in [-0.05, 0) is 17.0 Å². The fourth-order valence-corrected chi connectivity index (χ4v) is 2.53. The van der Waals surface area contributed by atoms with Crippen molar-refractivity contribution in [3.63, 3.8) is 0 Å². The summed E-state index contributed by atoms with van der Waals surface area (Å²) >= 11 is 0. The molecule has 0 aliphatic carbocycles. The number of rotatable bonds is 2. The quantitative estimate of drug-likeness (QED) is 0.904. The number of carboxylic acids is 1. The van der Waals surface area contributed by atoms with E-state index in [2.05, 4.69) is 0 Å². The van der Waals surface area contributed by atoms with E-state index in [0.717, 1.165) is 5.56 Å². The molecule has 1 saturated heterocycles. The molecule has 0 aromatic heterocycles. The monoisotopic (exact) mass is 291 g/mol. The lowest BCUT2D eigenvalue weighted by molar-refractivity contribution is -0.147. The van der Waals surface area contributed by atoms with Gasteiger partial charge < -0.3 is 14.7 Å². The van der Waals surface area contributed by atoms with Gasteiger partial charge in [-0.15, -0.1) is 0 Å². The summed E-state index contributed by atoms with van der Waals surface area (Å²) in [6.45, 7) is 6.81. The third kappa shape index (κ3) is 3.24. The molecule has 1 aliphatic rings. The number of amides is 1. The molecule has 0 radical (unpaired) electrons. The van der Waals surface area contributed by atoms with Crippen molar-refractivity contribution in [1.82, 2.24) is 4.90 Å². The molecular weight excluding hydrogens is 270 g/mol. The fourth-order valence-electron chi connectivity index (χ4n) is 2.53. The molecule has 1 fully saturated rings. The van der Waals surface area contributed by atoms with Crippen LogP contribution in [0.2, 0.25) is 0 Å². The van der Waals surface area contributed by atoms with Gasteiger partial charge in [0.05, 0.1) is 13.2 Å². The molecule has 1 aliphatic heterocycles. The Hall–Kier alpha value is -1.88. The number of benzene rings is 1. The maximum Gasteiger partial charge on any atom is 0.328 e. The minimum absolute atomic E-state index is 0.0404. The zero-order valence-corrected chi connectivity index (χ0v) is 12.6. The highest BCUT2D eigenvalue weighted by molar-refractivity contribution is 5.98. The number of hydrogen-bond acceptors (Lipinski definition) is 3. The molecule has 1 N–H and O–H groups in total. The molecule has 5 nitrogen and oxygen atoms in total. The number of hydrogen-bond donors (Lipinski definition) is 1. The molecule has 0 bridgehead atoms. The third-order valence-electron chi connectivity index (χ3n) is 3.64. The summed E-state index contributed by atoms with van der Waals surface area (Å²) in [5, 5.41) is 9.26. The summed E-state index contributed by atoms with van der Waals surface area (Å²) < 4.78 is 5.18. The zero-order valence-electron chi connectivity index (χ0n) is 12.6. The highest BCUT2D eigenvalue weighted by atomic mass is 16.5. The van der Waals surface area contributed by atoms with Crippen molar-refractivity contribution in [3.8, 4) is 0 Å². The van der Waals surface area contributed by atoms with Gasteiger partial charge in [0, 0.05) is 12.1 Å². The molecule has 1 heterocycles. The molecule has 1 amide bonds. The number of carbonyl (C=O) groups is 2. The van der Waals surface area contributed by atoms with Crippen molar-refractivity contribution < 1.29 is 19.4 Å². The van der Waals surface area contributed by atoms with Crippen LogP contribution in [0, 0.1) is 0 Å². The molecule has 114 valence electrons. The summed E-state index contributed by atoms with van der Waals surface area (Å²) in [7, 11) is 0. The molecule has 1 aromatic rings. The van der Waals surface area contributed by atoms with Crippen LogP contribution in [0.1, 0.15) is 36.7 Å². The number of carboxylic acid groups (broad SMARTS) is 1. The van der Waals surface area contributed by atoms with E-state index in [4.69, 9.17) is 4.74 Å². The van der Waals surface area contributed by atoms with Gasteiger partial charge in [0.2, 0.25) is 0 Å². The lowest BCUT2D eigenvalue weighted by Gasteiger charge is -2.34. The maximum atomic E-state index is 12.8. The molecule has 5 heteroatoms. The van der Waals surface area contributed by atoms with E-state index in [1.807, 2.05) is 32.9 Å². The second kappa shape index (κ2) is 5.85. The molecule has 1 aromatic carbocycles. The Kier molecular flexibility index (Phi) is 4.32. The molecular formula is C16H21NO4. The minimum Gasteiger partial charge on any atom is -0.480 e. The average Bonchev–Trinajstić information content (AvgIpc) is 2.45. The molecule has 21 heavy (non-hydrogen) atoms. The van der Waals surface area contributed by atoms with Gasteiger partial charge in [0.1, 0.15) is 0 Å². The van der Waals surface area contributed by atoms with Crippen molar-refractivity contribution in [2.75, 3.05) is 19.8 Å². The van der Waals surface area contributed by atoms with Crippen LogP contribution >= 0.6 is 0 Å². The first-order chi connectivity index (χ1) is 9.82. The van der Waals surface area contributed by atoms with Crippen LogP contribution < -0.4 is 0 Å². The second-order valence-electron chi connectivity index (χ2n) is 6.22. The smallest absolute Gasteiger partial charge is 0.328 e. The Morgan fingerprint density at radius 1 is 1.29 bits per heavy atom. The number of carbonyl (C=O) groups excluding carboxylic acids is 1. The Morgan fingerprint density at radius 2 is 1.95 bits per heavy atom. The van der Waals surface area contributed by atoms with Crippen LogP contribution in [0.4, 0.5) is 0 Å². The van der Waals surface area contributed by atoms with Crippen LogP contribution in [-0.4, -0.2) is 47.7 Å². The summed E-state index contributed by atoms with van der Waals surface area (Å²) in [4.78, 5) is 25.5. The lowest BCUT2D eigenvalue weighted by atomic mass is 9.83. The molecule has 1 atom stereocenters. The van der Waals surface area contributed by atoms with Crippen LogP contribution in [0.3, 0.4) is 0 Å². The standard InChI is InChI=1S/C16H21NO4/c1-16(2,3)12-7-5-4-6-11(12)14(18)17-8-9-21-10-13(17)15(19)20/h4-7,13H,8-10H2,1-3H3,(H,19,20). The predicted octanol–water partition coefficient (Wildman–Crippen LogP) is 1.91. The van der Waals surface area contributed by atoms with Crippen LogP contribution in [0.15, 0.2) is 24.3 Å². The lowest BCUT2D eigenvalue weighted by Crippen LogP contribution is -2.52. The molecule has 1 unspecified atom stereocenters. The first kappa shape index (κ1) is 15.5. The van der Waals surface area contributed by atoms with Gasteiger partial charge in [-0.25, -0.2) is 4.79 Å². The summed E-state index contributed by atoms with van der Waals surface area (Å²) in [5.74, 6) is -1.27. The maximum absolute atomic E-state index is 12.8. The van der Waals surface area contributed by atoms with Gasteiger partial charge in [-0.3, -0.25) is 4.79 Å². The van der Waals surface area contributed by atoms with Gasteiger partial charge in [0.25, 0.3) is 5.91 Å². The molecule has 2 rings (SSSR count). The SMILES string of the molecule is CC(C)(C)c1ccccc1C(=O)N1CCOCC1C(=O)O. The van der Waals surface area contributed by atoms with Crippen LogP contribution in [0.25, 0.3) is 0 Å². The van der Waals surface area contributed by atoms with Crippen molar-refractivity contribution in [3.05, 3.63) is 35.4 Å². The van der Waals surface area contributed by atoms with Gasteiger partial charge in [0.15, 0.2) is 6.04 Å². The fraction of sp³-hybridized carbons (Fsp3) is 0.500. The van der Waals surface area contributed by atoms with Crippen molar-refractivity contribution in [2.45, 2.75) is 32.2 Å². The number of aliphatic carboxylic acids is 1. The normalized spacial score (nSPS) is 19.4. The van der Waals surface area contributed by atoms with Crippen LogP contribution in [-0.2, 0) is 14.9 Å². The highest BCUT2D eigenvalue weighted by Gasteiger charge is 2.34. The van der Waals surface area contributed by atoms with Crippen molar-refractivity contribution >= 4 is 11.9 Å². The molecule has 0 saturated carbocycles. The van der Waals surface area contributed by atoms with Crippen LogP contribution in [0.5, 0.6) is 0 Å². The largest absolute Gasteiger partial charge is 0.480 e. The van der Waals surface area contributed by atoms with E-state index in [-0.39, 0.29) is 17.9 Å². The third-order valence-corrected chi connectivity index (χ3v) is 3.64. The van der Waals surface area contributed by atoms with E-state index >= 15 is 0 Å². The van der Waals surface area contributed by atoms with Crippen molar-refractivity contribution in [2.24, 2.45) is 0 Å². The minimum atomic E-state index is -1.03. The Balaban J connectivity index is 2.37.